The molecule has 16 heavy (non-hydrogen) atoms. The lowest BCUT2D eigenvalue weighted by Crippen LogP contribution is -2.12. The van der Waals surface area contributed by atoms with Crippen LogP contribution >= 0.6 is 0 Å². The minimum atomic E-state index is -0.194. The Bertz CT molecular complexity index is 502. The van der Waals surface area contributed by atoms with Crippen LogP contribution in [0.25, 0.3) is 11.3 Å². The molecule has 0 atom stereocenters. The Morgan fingerprint density at radius 3 is 3.12 bits per heavy atom. The first kappa shape index (κ1) is 10.6. The molecule has 0 bridgehead atoms. The molecule has 2 rings (SSSR count). The highest BCUT2D eigenvalue weighted by Crippen LogP contribution is 2.15. The van der Waals surface area contributed by atoms with Gasteiger partial charge in [0, 0.05) is 18.2 Å². The SMILES string of the molecule is CCOCc1nc(-c2ccoc2)cc(=O)[nH]1. The maximum absolute atomic E-state index is 11.4. The number of H-pyrrole nitrogens is 1. The first-order valence-corrected chi connectivity index (χ1v) is 5.00. The van der Waals surface area contributed by atoms with Gasteiger partial charge in [0.2, 0.25) is 0 Å². The molecule has 1 N–H and O–H groups in total. The van der Waals surface area contributed by atoms with E-state index in [9.17, 15) is 4.79 Å². The number of hydrogen-bond acceptors (Lipinski definition) is 4. The molecule has 0 saturated carbocycles. The fraction of sp³-hybridized carbons (Fsp3) is 0.273. The second kappa shape index (κ2) is 4.76. The van der Waals surface area contributed by atoms with E-state index in [0.29, 0.717) is 24.7 Å². The normalized spacial score (nSPS) is 10.6. The molecule has 0 aliphatic carbocycles. The molecule has 0 amide bonds. The Morgan fingerprint density at radius 1 is 1.56 bits per heavy atom. The van der Waals surface area contributed by atoms with E-state index in [1.807, 2.05) is 6.92 Å². The highest BCUT2D eigenvalue weighted by atomic mass is 16.5. The van der Waals surface area contributed by atoms with Crippen molar-refractivity contribution in [2.75, 3.05) is 6.61 Å². The molecule has 5 heteroatoms. The Hall–Kier alpha value is -1.88. The van der Waals surface area contributed by atoms with Crippen molar-refractivity contribution in [3.05, 3.63) is 40.8 Å². The van der Waals surface area contributed by atoms with Crippen LogP contribution in [0.3, 0.4) is 0 Å². The Balaban J connectivity index is 2.33. The van der Waals surface area contributed by atoms with E-state index in [-0.39, 0.29) is 5.56 Å². The van der Waals surface area contributed by atoms with Gasteiger partial charge in [0.25, 0.3) is 5.56 Å². The molecule has 0 spiro atoms. The van der Waals surface area contributed by atoms with Crippen LogP contribution in [0.5, 0.6) is 0 Å². The van der Waals surface area contributed by atoms with Crippen molar-refractivity contribution < 1.29 is 9.15 Å². The van der Waals surface area contributed by atoms with Crippen molar-refractivity contribution in [1.82, 2.24) is 9.97 Å². The lowest BCUT2D eigenvalue weighted by Gasteiger charge is -2.02. The minimum Gasteiger partial charge on any atom is -0.472 e. The van der Waals surface area contributed by atoms with Crippen molar-refractivity contribution in [3.63, 3.8) is 0 Å². The minimum absolute atomic E-state index is 0.194. The summed E-state index contributed by atoms with van der Waals surface area (Å²) < 4.78 is 10.1. The van der Waals surface area contributed by atoms with Crippen molar-refractivity contribution in [1.29, 1.82) is 0 Å². The van der Waals surface area contributed by atoms with Crippen LogP contribution in [-0.2, 0) is 11.3 Å². The standard InChI is InChI=1S/C11H12N2O3/c1-2-15-7-10-12-9(5-11(14)13-10)8-3-4-16-6-8/h3-6H,2,7H2,1H3,(H,12,13,14). The topological polar surface area (TPSA) is 68.1 Å². The maximum Gasteiger partial charge on any atom is 0.251 e. The van der Waals surface area contributed by atoms with Gasteiger partial charge in [-0.05, 0) is 13.0 Å². The smallest absolute Gasteiger partial charge is 0.251 e. The molecule has 2 aromatic rings. The number of aromatic nitrogens is 2. The zero-order valence-electron chi connectivity index (χ0n) is 8.90. The Labute approximate surface area is 92.1 Å². The third kappa shape index (κ3) is 2.38. The number of furan rings is 1. The highest BCUT2D eigenvalue weighted by molar-refractivity contribution is 5.56. The summed E-state index contributed by atoms with van der Waals surface area (Å²) in [6.45, 7) is 2.77. The van der Waals surface area contributed by atoms with Gasteiger partial charge < -0.3 is 14.1 Å². The second-order valence-electron chi connectivity index (χ2n) is 3.23. The van der Waals surface area contributed by atoms with Crippen LogP contribution in [0.15, 0.2) is 33.9 Å². The van der Waals surface area contributed by atoms with Crippen LogP contribution in [-0.4, -0.2) is 16.6 Å². The molecule has 0 aliphatic heterocycles. The van der Waals surface area contributed by atoms with Crippen molar-refractivity contribution in [2.45, 2.75) is 13.5 Å². The summed E-state index contributed by atoms with van der Waals surface area (Å²) >= 11 is 0. The first-order chi connectivity index (χ1) is 7.79. The van der Waals surface area contributed by atoms with Crippen LogP contribution in [0.4, 0.5) is 0 Å². The molecule has 0 unspecified atom stereocenters. The van der Waals surface area contributed by atoms with Crippen molar-refractivity contribution in [2.24, 2.45) is 0 Å². The van der Waals surface area contributed by atoms with Crippen LogP contribution in [0.2, 0.25) is 0 Å². The summed E-state index contributed by atoms with van der Waals surface area (Å²) in [7, 11) is 0. The molecule has 0 aliphatic rings. The van der Waals surface area contributed by atoms with Gasteiger partial charge in [-0.3, -0.25) is 4.79 Å². The predicted molar refractivity (Wildman–Crippen MR) is 57.9 cm³/mol. The molecule has 0 saturated heterocycles. The van der Waals surface area contributed by atoms with E-state index >= 15 is 0 Å². The van der Waals surface area contributed by atoms with Gasteiger partial charge in [-0.15, -0.1) is 0 Å². The van der Waals surface area contributed by atoms with Crippen molar-refractivity contribution in [3.8, 4) is 11.3 Å². The molecule has 2 heterocycles. The first-order valence-electron chi connectivity index (χ1n) is 5.00. The fourth-order valence-corrected chi connectivity index (χ4v) is 1.33. The zero-order chi connectivity index (χ0) is 11.4. The van der Waals surface area contributed by atoms with Crippen LogP contribution < -0.4 is 5.56 Å². The summed E-state index contributed by atoms with van der Waals surface area (Å²) in [5.74, 6) is 0.519. The number of nitrogens with one attached hydrogen (secondary N) is 1. The third-order valence-corrected chi connectivity index (χ3v) is 2.05. The molecule has 0 aromatic carbocycles. The van der Waals surface area contributed by atoms with E-state index in [0.717, 1.165) is 5.56 Å². The van der Waals surface area contributed by atoms with E-state index in [2.05, 4.69) is 9.97 Å². The maximum atomic E-state index is 11.4. The monoisotopic (exact) mass is 220 g/mol. The zero-order valence-corrected chi connectivity index (χ0v) is 8.90. The molecule has 2 aromatic heterocycles. The van der Waals surface area contributed by atoms with Gasteiger partial charge in [0.1, 0.15) is 12.4 Å². The highest BCUT2D eigenvalue weighted by Gasteiger charge is 2.04. The number of nitrogens with zero attached hydrogens (tertiary/aromatic N) is 1. The average molecular weight is 220 g/mol. The number of hydrogen-bond donors (Lipinski definition) is 1. The Kier molecular flexibility index (Phi) is 3.16. The summed E-state index contributed by atoms with van der Waals surface area (Å²) in [4.78, 5) is 18.3. The van der Waals surface area contributed by atoms with E-state index < -0.39 is 0 Å². The predicted octanol–water partition coefficient (Wildman–Crippen LogP) is 1.57. The Morgan fingerprint density at radius 2 is 2.44 bits per heavy atom. The lowest BCUT2D eigenvalue weighted by molar-refractivity contribution is 0.128. The van der Waals surface area contributed by atoms with E-state index in [1.54, 1.807) is 18.6 Å². The van der Waals surface area contributed by atoms with Crippen LogP contribution in [0, 0.1) is 0 Å². The molecule has 0 fully saturated rings. The summed E-state index contributed by atoms with van der Waals surface area (Å²) in [6, 6.07) is 3.19. The van der Waals surface area contributed by atoms with Gasteiger partial charge in [-0.25, -0.2) is 4.98 Å². The van der Waals surface area contributed by atoms with Gasteiger partial charge in [-0.2, -0.15) is 0 Å². The van der Waals surface area contributed by atoms with Gasteiger partial charge in [0.15, 0.2) is 0 Å². The molecule has 84 valence electrons. The molecular formula is C11H12N2O3. The molecule has 0 radical (unpaired) electrons. The van der Waals surface area contributed by atoms with Gasteiger partial charge >= 0.3 is 0 Å². The average Bonchev–Trinajstić information content (AvgIpc) is 2.79. The fourth-order valence-electron chi connectivity index (χ4n) is 1.33. The quantitative estimate of drug-likeness (QED) is 0.849. The summed E-state index contributed by atoms with van der Waals surface area (Å²) in [5.41, 5.74) is 1.18. The van der Waals surface area contributed by atoms with Crippen LogP contribution in [0.1, 0.15) is 12.7 Å². The molecule has 5 nitrogen and oxygen atoms in total. The second-order valence-corrected chi connectivity index (χ2v) is 3.23. The lowest BCUT2D eigenvalue weighted by atomic mass is 10.2. The van der Waals surface area contributed by atoms with Crippen molar-refractivity contribution >= 4 is 0 Å². The van der Waals surface area contributed by atoms with Gasteiger partial charge in [-0.1, -0.05) is 0 Å². The number of ether oxygens (including phenoxy) is 1. The summed E-state index contributed by atoms with van der Waals surface area (Å²) in [6.07, 6.45) is 3.09. The summed E-state index contributed by atoms with van der Waals surface area (Å²) in [5, 5.41) is 0. The van der Waals surface area contributed by atoms with E-state index in [1.165, 1.54) is 6.07 Å². The molecular weight excluding hydrogens is 208 g/mol. The van der Waals surface area contributed by atoms with Gasteiger partial charge in [0.05, 0.1) is 18.2 Å². The number of rotatable bonds is 4. The third-order valence-electron chi connectivity index (χ3n) is 2.05. The largest absolute Gasteiger partial charge is 0.472 e. The number of aromatic amines is 1. The van der Waals surface area contributed by atoms with E-state index in [4.69, 9.17) is 9.15 Å².